The van der Waals surface area contributed by atoms with Crippen molar-refractivity contribution in [3.8, 4) is 0 Å². The molecule has 11 heavy (non-hydrogen) atoms. The minimum absolute atomic E-state index is 0.235. The predicted octanol–water partition coefficient (Wildman–Crippen LogP) is 1.91. The third-order valence-corrected chi connectivity index (χ3v) is 1.19. The Morgan fingerprint density at radius 3 is 3.00 bits per heavy atom. The van der Waals surface area contributed by atoms with Gasteiger partial charge in [-0.3, -0.25) is 4.98 Å². The molecule has 60 valence electrons. The van der Waals surface area contributed by atoms with E-state index in [0.717, 1.165) is 5.69 Å². The molecule has 0 aromatic carbocycles. The molecule has 1 aromatic heterocycles. The molecule has 1 rings (SSSR count). The van der Waals surface area contributed by atoms with Crippen LogP contribution in [0.1, 0.15) is 12.6 Å². The van der Waals surface area contributed by atoms with Crippen LogP contribution in [0, 0.1) is 0 Å². The maximum absolute atomic E-state index is 12.1. The van der Waals surface area contributed by atoms with E-state index in [1.807, 2.05) is 12.1 Å². The molecule has 0 aliphatic rings. The van der Waals surface area contributed by atoms with Crippen LogP contribution in [0.3, 0.4) is 0 Å². The van der Waals surface area contributed by atoms with Crippen molar-refractivity contribution in [2.75, 3.05) is 0 Å². The van der Waals surface area contributed by atoms with Crippen molar-refractivity contribution < 1.29 is 9.13 Å². The fourth-order valence-corrected chi connectivity index (χ4v) is 0.684. The van der Waals surface area contributed by atoms with E-state index in [1.165, 1.54) is 6.92 Å². The Kier molecular flexibility index (Phi) is 2.98. The lowest BCUT2D eigenvalue weighted by Gasteiger charge is -2.02. The molecular formula is C8H10FNO. The summed E-state index contributed by atoms with van der Waals surface area (Å²) in [5.41, 5.74) is 0.747. The van der Waals surface area contributed by atoms with Crippen LogP contribution in [-0.4, -0.2) is 11.3 Å². The third-order valence-electron chi connectivity index (χ3n) is 1.19. The summed E-state index contributed by atoms with van der Waals surface area (Å²) in [4.78, 5) is 3.96. The van der Waals surface area contributed by atoms with Gasteiger partial charge in [-0.2, -0.15) is 0 Å². The molecule has 2 nitrogen and oxygen atoms in total. The van der Waals surface area contributed by atoms with E-state index in [1.54, 1.807) is 12.3 Å². The van der Waals surface area contributed by atoms with Crippen molar-refractivity contribution >= 4 is 0 Å². The molecule has 1 aromatic rings. The topological polar surface area (TPSA) is 22.1 Å². The van der Waals surface area contributed by atoms with Crippen LogP contribution in [-0.2, 0) is 11.3 Å². The molecule has 0 saturated heterocycles. The number of ether oxygens (including phenoxy) is 1. The van der Waals surface area contributed by atoms with Gasteiger partial charge in [-0.25, -0.2) is 4.39 Å². The Morgan fingerprint density at radius 2 is 2.45 bits per heavy atom. The molecule has 0 spiro atoms. The molecule has 1 heterocycles. The number of alkyl halides is 1. The Bertz CT molecular complexity index is 201. The quantitative estimate of drug-likeness (QED) is 0.665. The molecule has 0 saturated carbocycles. The van der Waals surface area contributed by atoms with E-state index < -0.39 is 6.36 Å². The molecule has 0 bridgehead atoms. The van der Waals surface area contributed by atoms with E-state index in [2.05, 4.69) is 4.98 Å². The molecule has 0 aliphatic carbocycles. The minimum Gasteiger partial charge on any atom is -0.342 e. The number of rotatable bonds is 3. The maximum Gasteiger partial charge on any atom is 0.196 e. The van der Waals surface area contributed by atoms with E-state index >= 15 is 0 Å². The van der Waals surface area contributed by atoms with Gasteiger partial charge < -0.3 is 4.74 Å². The molecule has 0 radical (unpaired) electrons. The van der Waals surface area contributed by atoms with Crippen molar-refractivity contribution in [1.82, 2.24) is 4.98 Å². The van der Waals surface area contributed by atoms with Crippen molar-refractivity contribution in [3.63, 3.8) is 0 Å². The van der Waals surface area contributed by atoms with Gasteiger partial charge in [0.05, 0.1) is 12.3 Å². The highest BCUT2D eigenvalue weighted by Gasteiger charge is 1.97. The second-order valence-electron chi connectivity index (χ2n) is 2.18. The molecular weight excluding hydrogens is 145 g/mol. The summed E-state index contributed by atoms with van der Waals surface area (Å²) in [6.07, 6.45) is 0.429. The first-order valence-electron chi connectivity index (χ1n) is 3.44. The SMILES string of the molecule is CC(F)OCc1ccccn1. The first-order chi connectivity index (χ1) is 5.29. The average molecular weight is 155 g/mol. The van der Waals surface area contributed by atoms with Crippen LogP contribution < -0.4 is 0 Å². The standard InChI is InChI=1S/C8H10FNO/c1-7(9)11-6-8-4-2-3-5-10-8/h2-5,7H,6H2,1H3. The van der Waals surface area contributed by atoms with Crippen molar-refractivity contribution in [2.24, 2.45) is 0 Å². The highest BCUT2D eigenvalue weighted by Crippen LogP contribution is 1.99. The third kappa shape index (κ3) is 3.09. The monoisotopic (exact) mass is 155 g/mol. The zero-order valence-electron chi connectivity index (χ0n) is 6.33. The predicted molar refractivity (Wildman–Crippen MR) is 39.6 cm³/mol. The van der Waals surface area contributed by atoms with Crippen molar-refractivity contribution in [2.45, 2.75) is 19.9 Å². The van der Waals surface area contributed by atoms with Gasteiger partial charge in [-0.15, -0.1) is 0 Å². The van der Waals surface area contributed by atoms with Gasteiger partial charge in [0.1, 0.15) is 0 Å². The molecule has 1 atom stereocenters. The summed E-state index contributed by atoms with van der Waals surface area (Å²) in [5.74, 6) is 0. The van der Waals surface area contributed by atoms with Crippen molar-refractivity contribution in [1.29, 1.82) is 0 Å². The van der Waals surface area contributed by atoms with Crippen LogP contribution in [0.25, 0.3) is 0 Å². The Morgan fingerprint density at radius 1 is 1.64 bits per heavy atom. The van der Waals surface area contributed by atoms with Gasteiger partial charge in [0.2, 0.25) is 0 Å². The zero-order chi connectivity index (χ0) is 8.10. The Labute approximate surface area is 65.0 Å². The first-order valence-corrected chi connectivity index (χ1v) is 3.44. The fraction of sp³-hybridized carbons (Fsp3) is 0.375. The van der Waals surface area contributed by atoms with Crippen LogP contribution in [0.4, 0.5) is 4.39 Å². The van der Waals surface area contributed by atoms with Gasteiger partial charge in [0, 0.05) is 6.20 Å². The lowest BCUT2D eigenvalue weighted by atomic mass is 10.4. The summed E-state index contributed by atoms with van der Waals surface area (Å²) >= 11 is 0. The van der Waals surface area contributed by atoms with Crippen LogP contribution in [0.5, 0.6) is 0 Å². The number of hydrogen-bond acceptors (Lipinski definition) is 2. The van der Waals surface area contributed by atoms with Crippen LogP contribution in [0.2, 0.25) is 0 Å². The number of nitrogens with zero attached hydrogens (tertiary/aromatic N) is 1. The summed E-state index contributed by atoms with van der Waals surface area (Å²) in [7, 11) is 0. The van der Waals surface area contributed by atoms with Crippen LogP contribution >= 0.6 is 0 Å². The van der Waals surface area contributed by atoms with Gasteiger partial charge in [-0.05, 0) is 19.1 Å². The zero-order valence-corrected chi connectivity index (χ0v) is 6.33. The molecule has 3 heteroatoms. The van der Waals surface area contributed by atoms with Gasteiger partial charge in [0.25, 0.3) is 0 Å². The molecule has 0 N–H and O–H groups in total. The number of hydrogen-bond donors (Lipinski definition) is 0. The lowest BCUT2D eigenvalue weighted by molar-refractivity contribution is -0.0362. The van der Waals surface area contributed by atoms with Crippen LogP contribution in [0.15, 0.2) is 24.4 Å². The second-order valence-corrected chi connectivity index (χ2v) is 2.18. The summed E-state index contributed by atoms with van der Waals surface area (Å²) in [6.45, 7) is 1.58. The van der Waals surface area contributed by atoms with Crippen molar-refractivity contribution in [3.05, 3.63) is 30.1 Å². The highest BCUT2D eigenvalue weighted by molar-refractivity contribution is 5.01. The molecule has 0 amide bonds. The average Bonchev–Trinajstić information content (AvgIpc) is 2.03. The number of halogens is 1. The minimum atomic E-state index is -1.22. The lowest BCUT2D eigenvalue weighted by Crippen LogP contribution is -2.01. The van der Waals surface area contributed by atoms with Gasteiger partial charge >= 0.3 is 0 Å². The Hall–Kier alpha value is -0.960. The maximum atomic E-state index is 12.1. The number of pyridine rings is 1. The fourth-order valence-electron chi connectivity index (χ4n) is 0.684. The Balaban J connectivity index is 2.39. The first kappa shape index (κ1) is 8.14. The molecule has 0 aliphatic heterocycles. The molecule has 0 fully saturated rings. The molecule has 1 unspecified atom stereocenters. The summed E-state index contributed by atoms with van der Waals surface area (Å²) in [6, 6.07) is 5.44. The van der Waals surface area contributed by atoms with E-state index in [0.29, 0.717) is 0 Å². The van der Waals surface area contributed by atoms with Gasteiger partial charge in [0.15, 0.2) is 6.36 Å². The smallest absolute Gasteiger partial charge is 0.196 e. The van der Waals surface area contributed by atoms with E-state index in [9.17, 15) is 4.39 Å². The van der Waals surface area contributed by atoms with E-state index in [-0.39, 0.29) is 6.61 Å². The van der Waals surface area contributed by atoms with E-state index in [4.69, 9.17) is 4.74 Å². The normalized spacial score (nSPS) is 12.9. The number of aromatic nitrogens is 1. The summed E-state index contributed by atoms with van der Waals surface area (Å²) in [5, 5.41) is 0. The van der Waals surface area contributed by atoms with Gasteiger partial charge in [-0.1, -0.05) is 6.07 Å². The second kappa shape index (κ2) is 4.03. The largest absolute Gasteiger partial charge is 0.342 e. The summed E-state index contributed by atoms with van der Waals surface area (Å²) < 4.78 is 16.8. The highest BCUT2D eigenvalue weighted by atomic mass is 19.1.